The number of imide groups is 4. The van der Waals surface area contributed by atoms with Gasteiger partial charge >= 0.3 is 6.09 Å². The van der Waals surface area contributed by atoms with Crippen LogP contribution in [0.2, 0.25) is 0 Å². The van der Waals surface area contributed by atoms with E-state index in [0.717, 1.165) is 7.11 Å². The van der Waals surface area contributed by atoms with Crippen molar-refractivity contribution in [1.82, 2.24) is 4.90 Å². The molecule has 2 aromatic carbocycles. The van der Waals surface area contributed by atoms with E-state index in [0.29, 0.717) is 4.90 Å². The molecule has 6 rings (SSSR count). The third-order valence-corrected chi connectivity index (χ3v) is 10.5. The first kappa shape index (κ1) is 31.0. The minimum Gasteiger partial charge on any atom is -0.508 e. The molecule has 3 fully saturated rings. The van der Waals surface area contributed by atoms with E-state index in [1.807, 2.05) is 0 Å². The standard InChI is InChI=1S/C29H19Cl2F5N2O7/c1-9-7-10(3-6-14(9)39)16-11-4-5-12-15(24(41)38(23(12)40)27(44)45-2)13(11)8-28(30)25(42)37(26(43)29(16,28)31)22-20(35)18(33)17(32)19(34)21(22)36/h3-4,6-7,12-13,15-16,39H,5,8H2,1-2H3. The summed E-state index contributed by atoms with van der Waals surface area (Å²) in [5, 5.41) is 10.2. The van der Waals surface area contributed by atoms with Crippen LogP contribution >= 0.6 is 23.2 Å². The van der Waals surface area contributed by atoms with Gasteiger partial charge < -0.3 is 9.84 Å². The monoisotopic (exact) mass is 672 g/mol. The van der Waals surface area contributed by atoms with Gasteiger partial charge in [-0.1, -0.05) is 23.8 Å². The molecule has 0 aromatic heterocycles. The van der Waals surface area contributed by atoms with Gasteiger partial charge in [-0.25, -0.2) is 31.6 Å². The molecule has 2 aliphatic carbocycles. The second-order valence-electron chi connectivity index (χ2n) is 11.2. The highest BCUT2D eigenvalue weighted by atomic mass is 35.5. The summed E-state index contributed by atoms with van der Waals surface area (Å²) in [7, 11) is 0.949. The number of amides is 5. The molecule has 1 N–H and O–H groups in total. The van der Waals surface area contributed by atoms with E-state index in [4.69, 9.17) is 23.2 Å². The predicted octanol–water partition coefficient (Wildman–Crippen LogP) is 4.73. The predicted molar refractivity (Wildman–Crippen MR) is 144 cm³/mol. The summed E-state index contributed by atoms with van der Waals surface area (Å²) in [5.41, 5.74) is -1.32. The maximum Gasteiger partial charge on any atom is 0.423 e. The minimum atomic E-state index is -2.70. The van der Waals surface area contributed by atoms with Gasteiger partial charge in [0.2, 0.25) is 17.6 Å². The smallest absolute Gasteiger partial charge is 0.423 e. The van der Waals surface area contributed by atoms with Crippen LogP contribution in [0, 0.1) is 53.8 Å². The highest BCUT2D eigenvalue weighted by Crippen LogP contribution is 2.66. The van der Waals surface area contributed by atoms with Gasteiger partial charge in [0.1, 0.15) is 11.4 Å². The molecule has 45 heavy (non-hydrogen) atoms. The number of aromatic hydroxyl groups is 1. The number of benzene rings is 2. The van der Waals surface area contributed by atoms with E-state index in [-0.39, 0.29) is 33.8 Å². The number of rotatable bonds is 2. The van der Waals surface area contributed by atoms with Crippen molar-refractivity contribution in [2.24, 2.45) is 17.8 Å². The number of phenols is 1. The molecule has 0 spiro atoms. The maximum absolute atomic E-state index is 15.0. The summed E-state index contributed by atoms with van der Waals surface area (Å²) in [4.78, 5) is 61.8. The van der Waals surface area contributed by atoms with Crippen molar-refractivity contribution < 1.29 is 55.8 Å². The molecule has 16 heteroatoms. The fourth-order valence-corrected chi connectivity index (χ4v) is 8.01. The average Bonchev–Trinajstić information content (AvgIpc) is 3.34. The number of carbonyl (C=O) groups excluding carboxylic acids is 5. The van der Waals surface area contributed by atoms with Gasteiger partial charge in [-0.2, -0.15) is 4.90 Å². The van der Waals surface area contributed by atoms with Crippen LogP contribution in [0.5, 0.6) is 5.75 Å². The Hall–Kier alpha value is -4.04. The Bertz CT molecular complexity index is 1790. The Kier molecular flexibility index (Phi) is 6.87. The molecule has 9 nitrogen and oxygen atoms in total. The lowest BCUT2D eigenvalue weighted by Gasteiger charge is -2.50. The largest absolute Gasteiger partial charge is 0.508 e. The number of likely N-dealkylation sites (tertiary alicyclic amines) is 1. The molecule has 1 saturated carbocycles. The van der Waals surface area contributed by atoms with Crippen molar-refractivity contribution in [3.8, 4) is 5.75 Å². The molecule has 5 amide bonds. The van der Waals surface area contributed by atoms with Crippen molar-refractivity contribution >= 4 is 58.6 Å². The SMILES string of the molecule is COC(=O)N1C(=O)C2CC=C3C(CC4(Cl)C(=O)N(c5c(F)c(F)c(F)c(F)c5F)C(=O)C4(Cl)C3c3ccc(O)c(C)c3)C2C1=O. The Labute approximate surface area is 260 Å². The third kappa shape index (κ3) is 3.75. The first-order valence-electron chi connectivity index (χ1n) is 13.3. The zero-order chi connectivity index (χ0) is 33.1. The summed E-state index contributed by atoms with van der Waals surface area (Å²) >= 11 is 14.0. The fourth-order valence-electron chi connectivity index (χ4n) is 7.07. The van der Waals surface area contributed by atoms with E-state index in [1.165, 1.54) is 31.2 Å². The van der Waals surface area contributed by atoms with Gasteiger partial charge in [0, 0.05) is 5.92 Å². The number of anilines is 1. The number of hydrogen-bond acceptors (Lipinski definition) is 7. The lowest BCUT2D eigenvalue weighted by atomic mass is 9.56. The van der Waals surface area contributed by atoms with Crippen molar-refractivity contribution in [2.75, 3.05) is 12.0 Å². The first-order valence-corrected chi connectivity index (χ1v) is 14.0. The van der Waals surface area contributed by atoms with Crippen LogP contribution in [0.4, 0.5) is 32.4 Å². The molecular weight excluding hydrogens is 654 g/mol. The summed E-state index contributed by atoms with van der Waals surface area (Å²) in [6, 6.07) is 3.91. The highest BCUT2D eigenvalue weighted by molar-refractivity contribution is 6.58. The first-order chi connectivity index (χ1) is 21.0. The molecule has 236 valence electrons. The van der Waals surface area contributed by atoms with Gasteiger partial charge in [0.25, 0.3) is 11.8 Å². The van der Waals surface area contributed by atoms with Crippen molar-refractivity contribution in [2.45, 2.75) is 35.4 Å². The molecule has 6 unspecified atom stereocenters. The van der Waals surface area contributed by atoms with E-state index >= 15 is 8.78 Å². The number of ether oxygens (including phenoxy) is 1. The van der Waals surface area contributed by atoms with Crippen molar-refractivity contribution in [3.05, 3.63) is 70.1 Å². The van der Waals surface area contributed by atoms with Gasteiger partial charge in [0.15, 0.2) is 33.0 Å². The summed E-state index contributed by atoms with van der Waals surface area (Å²) in [6.45, 7) is 1.48. The number of nitrogens with zero attached hydrogens (tertiary/aromatic N) is 2. The summed E-state index contributed by atoms with van der Waals surface area (Å²) in [5.74, 6) is -22.9. The number of fused-ring (bicyclic) bond motifs is 4. The van der Waals surface area contributed by atoms with Crippen LogP contribution in [-0.4, -0.2) is 56.6 Å². The molecular formula is C29H19Cl2F5N2O7. The maximum atomic E-state index is 15.0. The normalized spacial score (nSPS) is 30.7. The molecule has 2 heterocycles. The number of phenolic OH excluding ortho intramolecular Hbond substituents is 1. The zero-order valence-corrected chi connectivity index (χ0v) is 24.5. The van der Waals surface area contributed by atoms with E-state index in [1.54, 1.807) is 0 Å². The molecule has 2 saturated heterocycles. The fraction of sp³-hybridized carbons (Fsp3) is 0.345. The molecule has 4 aliphatic rings. The molecule has 0 bridgehead atoms. The van der Waals surface area contributed by atoms with Crippen molar-refractivity contribution in [1.29, 1.82) is 0 Å². The lowest BCUT2D eigenvalue weighted by molar-refractivity contribution is -0.138. The molecule has 2 aromatic rings. The van der Waals surface area contributed by atoms with Crippen LogP contribution < -0.4 is 4.90 Å². The van der Waals surface area contributed by atoms with Crippen molar-refractivity contribution in [3.63, 3.8) is 0 Å². The number of halogens is 7. The molecule has 0 radical (unpaired) electrons. The van der Waals surface area contributed by atoms with E-state index in [9.17, 15) is 42.3 Å². The van der Waals surface area contributed by atoms with Gasteiger partial charge in [-0.3, -0.25) is 19.2 Å². The number of methoxy groups -OCH3 is 1. The zero-order valence-electron chi connectivity index (χ0n) is 23.0. The van der Waals surface area contributed by atoms with E-state index in [2.05, 4.69) is 4.74 Å². The lowest BCUT2D eigenvalue weighted by Crippen LogP contribution is -2.60. The quantitative estimate of drug-likeness (QED) is 0.122. The average molecular weight is 673 g/mol. The highest BCUT2D eigenvalue weighted by Gasteiger charge is 2.77. The van der Waals surface area contributed by atoms with Crippen LogP contribution in [0.3, 0.4) is 0 Å². The minimum absolute atomic E-state index is 0.127. The molecule has 2 aliphatic heterocycles. The summed E-state index contributed by atoms with van der Waals surface area (Å²) in [6.07, 6.45) is -0.652. The molecule has 6 atom stereocenters. The number of aryl methyl sites for hydroxylation is 1. The number of carbonyl (C=O) groups is 5. The second-order valence-corrected chi connectivity index (χ2v) is 12.5. The van der Waals surface area contributed by atoms with Crippen LogP contribution in [0.15, 0.2) is 29.8 Å². The Balaban J connectivity index is 1.60. The number of hydrogen-bond donors (Lipinski definition) is 1. The Morgan fingerprint density at radius 2 is 1.53 bits per heavy atom. The van der Waals surface area contributed by atoms with Crippen LogP contribution in [0.25, 0.3) is 0 Å². The van der Waals surface area contributed by atoms with Gasteiger partial charge in [-0.05, 0) is 42.9 Å². The Morgan fingerprint density at radius 3 is 2.11 bits per heavy atom. The third-order valence-electron chi connectivity index (χ3n) is 9.13. The summed E-state index contributed by atoms with van der Waals surface area (Å²) < 4.78 is 77.1. The second kappa shape index (κ2) is 9.98. The Morgan fingerprint density at radius 1 is 0.933 bits per heavy atom. The van der Waals surface area contributed by atoms with Gasteiger partial charge in [-0.15, -0.1) is 23.2 Å². The van der Waals surface area contributed by atoms with Crippen LogP contribution in [-0.2, 0) is 23.9 Å². The van der Waals surface area contributed by atoms with E-state index < -0.39 is 104 Å². The number of allylic oxidation sites excluding steroid dienone is 2. The van der Waals surface area contributed by atoms with Crippen LogP contribution in [0.1, 0.15) is 29.9 Å². The topological polar surface area (TPSA) is 121 Å². The number of alkyl halides is 2. The van der Waals surface area contributed by atoms with Gasteiger partial charge in [0.05, 0.1) is 18.9 Å².